The van der Waals surface area contributed by atoms with Crippen molar-refractivity contribution < 1.29 is 38.0 Å². The molecule has 1 saturated heterocycles. The van der Waals surface area contributed by atoms with Crippen LogP contribution in [0.15, 0.2) is 48.8 Å². The molecular formula is C24H22F3N3O5. The monoisotopic (exact) mass is 489 g/mol. The molecule has 1 aromatic carbocycles. The average molecular weight is 489 g/mol. The molecule has 0 unspecified atom stereocenters. The van der Waals surface area contributed by atoms with E-state index in [0.717, 1.165) is 30.3 Å². The average Bonchev–Trinajstić information content (AvgIpc) is 2.82. The second-order valence-electron chi connectivity index (χ2n) is 8.40. The lowest BCUT2D eigenvalue weighted by molar-refractivity contribution is -0.260. The molecule has 2 aromatic heterocycles. The van der Waals surface area contributed by atoms with Crippen LogP contribution in [-0.4, -0.2) is 55.1 Å². The molecule has 35 heavy (non-hydrogen) atoms. The third kappa shape index (κ3) is 4.50. The molecule has 0 spiro atoms. The molecular weight excluding hydrogens is 467 g/mol. The molecule has 3 aromatic rings. The smallest absolute Gasteiger partial charge is 0.274 e. The van der Waals surface area contributed by atoms with Crippen LogP contribution in [0.5, 0.6) is 0 Å². The van der Waals surface area contributed by atoms with Crippen molar-refractivity contribution in [2.24, 2.45) is 0 Å². The number of nitrogens with zero attached hydrogens (tertiary/aromatic N) is 2. The summed E-state index contributed by atoms with van der Waals surface area (Å²) in [6.45, 7) is 2.85. The first-order valence-corrected chi connectivity index (χ1v) is 10.6. The van der Waals surface area contributed by atoms with Gasteiger partial charge >= 0.3 is 0 Å². The molecule has 0 radical (unpaired) electrons. The maximum absolute atomic E-state index is 14.4. The fraction of sp³-hybridized carbons (Fsp3) is 0.292. The second kappa shape index (κ2) is 9.34. The number of pyridine rings is 2. The maximum Gasteiger partial charge on any atom is 0.274 e. The molecule has 4 N–H and O–H groups in total. The number of anilines is 1. The van der Waals surface area contributed by atoms with Gasteiger partial charge in [0.15, 0.2) is 0 Å². The van der Waals surface area contributed by atoms with Gasteiger partial charge in [0.1, 0.15) is 52.8 Å². The quantitative estimate of drug-likeness (QED) is 0.444. The van der Waals surface area contributed by atoms with E-state index in [0.29, 0.717) is 0 Å². The number of aliphatic hydroxyl groups is 3. The number of carbonyl (C=O) groups is 1. The number of rotatable bonds is 4. The van der Waals surface area contributed by atoms with E-state index in [9.17, 15) is 33.3 Å². The lowest BCUT2D eigenvalue weighted by Gasteiger charge is -2.46. The fourth-order valence-electron chi connectivity index (χ4n) is 3.86. The molecule has 0 bridgehead atoms. The van der Waals surface area contributed by atoms with Crippen LogP contribution in [0.1, 0.15) is 36.0 Å². The Labute approximate surface area is 198 Å². The lowest BCUT2D eigenvalue weighted by Crippen LogP contribution is -2.61. The summed E-state index contributed by atoms with van der Waals surface area (Å²) in [5.74, 6) is -3.98. The van der Waals surface area contributed by atoms with Crippen molar-refractivity contribution in [2.75, 3.05) is 5.32 Å². The second-order valence-corrected chi connectivity index (χ2v) is 8.40. The number of hydrogen-bond acceptors (Lipinski definition) is 7. The minimum absolute atomic E-state index is 0.0761. The number of hydrogen-bond donors (Lipinski definition) is 4. The number of benzene rings is 1. The Bertz CT molecular complexity index is 1250. The van der Waals surface area contributed by atoms with Crippen LogP contribution in [-0.2, 0) is 4.74 Å². The van der Waals surface area contributed by atoms with Gasteiger partial charge in [0.2, 0.25) is 0 Å². The van der Waals surface area contributed by atoms with E-state index in [2.05, 4.69) is 15.3 Å². The van der Waals surface area contributed by atoms with Crippen LogP contribution in [0.4, 0.5) is 18.9 Å². The predicted molar refractivity (Wildman–Crippen MR) is 118 cm³/mol. The van der Waals surface area contributed by atoms with Crippen LogP contribution >= 0.6 is 0 Å². The minimum Gasteiger partial charge on any atom is -0.387 e. The lowest BCUT2D eigenvalue weighted by atomic mass is 9.82. The third-order valence-corrected chi connectivity index (χ3v) is 6.09. The van der Waals surface area contributed by atoms with E-state index in [1.54, 1.807) is 0 Å². The largest absolute Gasteiger partial charge is 0.387 e. The summed E-state index contributed by atoms with van der Waals surface area (Å²) >= 11 is 0. The Kier molecular flexibility index (Phi) is 6.60. The Morgan fingerprint density at radius 1 is 1.09 bits per heavy atom. The molecule has 1 fully saturated rings. The summed E-state index contributed by atoms with van der Waals surface area (Å²) in [5.41, 5.74) is -3.14. The van der Waals surface area contributed by atoms with Crippen molar-refractivity contribution in [2.45, 2.75) is 43.9 Å². The van der Waals surface area contributed by atoms with Gasteiger partial charge in [0.05, 0.1) is 23.6 Å². The summed E-state index contributed by atoms with van der Waals surface area (Å²) in [6.07, 6.45) is -2.47. The van der Waals surface area contributed by atoms with E-state index in [-0.39, 0.29) is 16.9 Å². The van der Waals surface area contributed by atoms with Gasteiger partial charge in [0, 0.05) is 11.8 Å². The number of ether oxygens (including phenoxy) is 1. The van der Waals surface area contributed by atoms with Crippen molar-refractivity contribution in [3.8, 4) is 11.3 Å². The van der Waals surface area contributed by atoms with E-state index < -0.39 is 64.6 Å². The highest BCUT2D eigenvalue weighted by Crippen LogP contribution is 2.39. The van der Waals surface area contributed by atoms with Gasteiger partial charge in [-0.05, 0) is 44.2 Å². The van der Waals surface area contributed by atoms with E-state index in [1.165, 1.54) is 32.3 Å². The standard InChI is InChI=1S/C24H22F3N3O5/c1-11-24(2,34)22(32)20(31)21(35-11)12-8-9-28-10-17(12)30-23(33)16-7-6-15(27)19(29-16)18-13(25)4-3-5-14(18)26/h3-11,20-22,31-32,34H,1-2H3,(H,30,33)/t11-,20+,21+,22-,24-/m0/s1. The molecule has 1 amide bonds. The van der Waals surface area contributed by atoms with Crippen molar-refractivity contribution in [3.63, 3.8) is 0 Å². The Morgan fingerprint density at radius 3 is 2.46 bits per heavy atom. The van der Waals surface area contributed by atoms with Crippen LogP contribution in [0, 0.1) is 17.5 Å². The van der Waals surface area contributed by atoms with Gasteiger partial charge in [-0.2, -0.15) is 0 Å². The number of halogens is 3. The Balaban J connectivity index is 1.66. The number of amides is 1. The Morgan fingerprint density at radius 2 is 1.77 bits per heavy atom. The van der Waals surface area contributed by atoms with Crippen molar-refractivity contribution in [1.82, 2.24) is 9.97 Å². The zero-order valence-electron chi connectivity index (χ0n) is 18.6. The van der Waals surface area contributed by atoms with Gasteiger partial charge in [-0.1, -0.05) is 6.07 Å². The third-order valence-electron chi connectivity index (χ3n) is 6.09. The molecule has 3 heterocycles. The minimum atomic E-state index is -1.72. The van der Waals surface area contributed by atoms with Gasteiger partial charge < -0.3 is 25.4 Å². The summed E-state index contributed by atoms with van der Waals surface area (Å²) in [5, 5.41) is 33.8. The molecule has 1 aliphatic heterocycles. The maximum atomic E-state index is 14.4. The zero-order chi connectivity index (χ0) is 25.5. The van der Waals surface area contributed by atoms with Crippen molar-refractivity contribution in [3.05, 3.63) is 77.5 Å². The first kappa shape index (κ1) is 24.7. The summed E-state index contributed by atoms with van der Waals surface area (Å²) in [6, 6.07) is 6.35. The van der Waals surface area contributed by atoms with Crippen LogP contribution < -0.4 is 5.32 Å². The van der Waals surface area contributed by atoms with E-state index in [1.807, 2.05) is 0 Å². The van der Waals surface area contributed by atoms with Crippen molar-refractivity contribution in [1.29, 1.82) is 0 Å². The van der Waals surface area contributed by atoms with Crippen LogP contribution in [0.2, 0.25) is 0 Å². The Hall–Kier alpha value is -3.38. The first-order chi connectivity index (χ1) is 16.5. The highest BCUT2D eigenvalue weighted by Gasteiger charge is 2.50. The molecule has 0 saturated carbocycles. The summed E-state index contributed by atoms with van der Waals surface area (Å²) in [4.78, 5) is 20.7. The number of nitrogens with one attached hydrogen (secondary N) is 1. The molecule has 5 atom stereocenters. The van der Waals surface area contributed by atoms with Crippen LogP contribution in [0.25, 0.3) is 11.3 Å². The molecule has 4 rings (SSSR count). The van der Waals surface area contributed by atoms with Gasteiger partial charge in [-0.15, -0.1) is 0 Å². The van der Waals surface area contributed by atoms with Crippen LogP contribution in [0.3, 0.4) is 0 Å². The zero-order valence-corrected chi connectivity index (χ0v) is 18.6. The van der Waals surface area contributed by atoms with Gasteiger partial charge in [0.25, 0.3) is 5.91 Å². The highest BCUT2D eigenvalue weighted by molar-refractivity contribution is 6.03. The fourth-order valence-corrected chi connectivity index (χ4v) is 3.86. The number of aromatic nitrogens is 2. The molecule has 8 nitrogen and oxygen atoms in total. The highest BCUT2D eigenvalue weighted by atomic mass is 19.1. The summed E-state index contributed by atoms with van der Waals surface area (Å²) < 4.78 is 48.5. The van der Waals surface area contributed by atoms with Gasteiger partial charge in [-0.25, -0.2) is 18.2 Å². The summed E-state index contributed by atoms with van der Waals surface area (Å²) in [7, 11) is 0. The molecule has 1 aliphatic rings. The van der Waals surface area contributed by atoms with Gasteiger partial charge in [-0.3, -0.25) is 9.78 Å². The van der Waals surface area contributed by atoms with Crippen molar-refractivity contribution >= 4 is 11.6 Å². The molecule has 184 valence electrons. The van der Waals surface area contributed by atoms with E-state index >= 15 is 0 Å². The first-order valence-electron chi connectivity index (χ1n) is 10.6. The SMILES string of the molecule is C[C@@H]1O[C@H](c2ccncc2NC(=O)c2ccc(F)c(-c3c(F)cccc3F)n2)[C@@H](O)[C@H](O)[C@@]1(C)O. The topological polar surface area (TPSA) is 125 Å². The number of aliphatic hydroxyl groups excluding tert-OH is 2. The molecule has 11 heteroatoms. The van der Waals surface area contributed by atoms with E-state index in [4.69, 9.17) is 4.74 Å². The predicted octanol–water partition coefficient (Wildman–Crippen LogP) is 2.75. The molecule has 0 aliphatic carbocycles. The number of carbonyl (C=O) groups excluding carboxylic acids is 1. The normalized spacial score (nSPS) is 26.4.